The molecule has 0 aromatic heterocycles. The zero-order valence-corrected chi connectivity index (χ0v) is 14.2. The second-order valence-electron chi connectivity index (χ2n) is 6.81. The average molecular weight is 324 g/mol. The molecule has 0 atom stereocenters. The fraction of sp³-hybridized carbons (Fsp3) is 0.588. The molecule has 0 radical (unpaired) electrons. The molecule has 1 saturated carbocycles. The number of rotatable bonds is 4. The summed E-state index contributed by atoms with van der Waals surface area (Å²) in [5.74, 6) is -0.776. The lowest BCUT2D eigenvalue weighted by Gasteiger charge is -2.34. The van der Waals surface area contributed by atoms with Crippen LogP contribution in [0.4, 0.5) is 0 Å². The van der Waals surface area contributed by atoms with Gasteiger partial charge in [-0.1, -0.05) is 43.5 Å². The van der Waals surface area contributed by atoms with E-state index in [-0.39, 0.29) is 0 Å². The van der Waals surface area contributed by atoms with Gasteiger partial charge in [0.1, 0.15) is 0 Å². The van der Waals surface area contributed by atoms with Gasteiger partial charge >= 0.3 is 5.97 Å². The molecule has 22 heavy (non-hydrogen) atoms. The van der Waals surface area contributed by atoms with E-state index in [0.717, 1.165) is 24.8 Å². The van der Waals surface area contributed by atoms with Crippen molar-refractivity contribution in [2.24, 2.45) is 0 Å². The number of carboxylic acids is 1. The van der Waals surface area contributed by atoms with Crippen LogP contribution in [0.25, 0.3) is 0 Å². The number of aliphatic carboxylic acids is 1. The second kappa shape index (κ2) is 5.69. The van der Waals surface area contributed by atoms with Gasteiger partial charge in [0.15, 0.2) is 9.84 Å². The van der Waals surface area contributed by atoms with Gasteiger partial charge in [-0.3, -0.25) is 4.79 Å². The summed E-state index contributed by atoms with van der Waals surface area (Å²) in [7, 11) is -3.24. The van der Waals surface area contributed by atoms with Gasteiger partial charge < -0.3 is 5.11 Å². The minimum Gasteiger partial charge on any atom is -0.481 e. The van der Waals surface area contributed by atoms with Crippen LogP contribution in [0.15, 0.2) is 24.3 Å². The molecule has 1 N–H and O–H groups in total. The predicted octanol–water partition coefficient (Wildman–Crippen LogP) is 3.25. The molecule has 5 heteroatoms. The largest absolute Gasteiger partial charge is 0.481 e. The maximum Gasteiger partial charge on any atom is 0.314 e. The Morgan fingerprint density at radius 1 is 1.09 bits per heavy atom. The van der Waals surface area contributed by atoms with Gasteiger partial charge in [0.2, 0.25) is 0 Å². The Morgan fingerprint density at radius 2 is 1.59 bits per heavy atom. The highest BCUT2D eigenvalue weighted by Crippen LogP contribution is 2.40. The number of hydrogen-bond donors (Lipinski definition) is 1. The lowest BCUT2D eigenvalue weighted by molar-refractivity contribution is -0.145. The van der Waals surface area contributed by atoms with Gasteiger partial charge in [0.25, 0.3) is 0 Å². The molecule has 0 spiro atoms. The quantitative estimate of drug-likeness (QED) is 0.923. The topological polar surface area (TPSA) is 71.4 Å². The van der Waals surface area contributed by atoms with Crippen LogP contribution in [0.5, 0.6) is 0 Å². The summed E-state index contributed by atoms with van der Waals surface area (Å²) in [5.41, 5.74) is 0.661. The summed E-state index contributed by atoms with van der Waals surface area (Å²) in [6.45, 7) is 3.34. The normalized spacial score (nSPS) is 18.9. The first-order valence-corrected chi connectivity index (χ1v) is 9.54. The summed E-state index contributed by atoms with van der Waals surface area (Å²) in [6, 6.07) is 7.11. The van der Waals surface area contributed by atoms with Crippen molar-refractivity contribution in [3.63, 3.8) is 0 Å². The molecule has 1 aromatic carbocycles. The molecule has 122 valence electrons. The smallest absolute Gasteiger partial charge is 0.314 e. The predicted molar refractivity (Wildman–Crippen MR) is 86.7 cm³/mol. The lowest BCUT2D eigenvalue weighted by atomic mass is 9.69. The van der Waals surface area contributed by atoms with E-state index in [2.05, 4.69) is 0 Å². The zero-order chi connectivity index (χ0) is 16.6. The van der Waals surface area contributed by atoms with E-state index in [4.69, 9.17) is 0 Å². The highest BCUT2D eigenvalue weighted by molar-refractivity contribution is 7.91. The van der Waals surface area contributed by atoms with Gasteiger partial charge in [-0.05, 0) is 37.8 Å². The van der Waals surface area contributed by atoms with Crippen LogP contribution in [0.3, 0.4) is 0 Å². The number of hydrogen-bond acceptors (Lipinski definition) is 3. The fourth-order valence-electron chi connectivity index (χ4n) is 3.19. The molecule has 4 nitrogen and oxygen atoms in total. The van der Waals surface area contributed by atoms with Crippen LogP contribution >= 0.6 is 0 Å². The van der Waals surface area contributed by atoms with Crippen LogP contribution in [-0.4, -0.2) is 25.7 Å². The van der Waals surface area contributed by atoms with Crippen LogP contribution < -0.4 is 0 Å². The fourth-order valence-corrected chi connectivity index (χ4v) is 3.75. The molecule has 1 aromatic rings. The first-order chi connectivity index (χ1) is 10.1. The standard InChI is InChI=1S/C17H24O4S/c1-16(2,22(3,20)21)13-7-9-14(10-8-13)17(15(18)19)11-5-4-6-12-17/h7-10H,4-6,11-12H2,1-3H3,(H,18,19). The van der Waals surface area contributed by atoms with Crippen molar-refractivity contribution in [1.29, 1.82) is 0 Å². The molecule has 1 aliphatic rings. The van der Waals surface area contributed by atoms with Crippen molar-refractivity contribution in [3.05, 3.63) is 35.4 Å². The zero-order valence-electron chi connectivity index (χ0n) is 13.4. The van der Waals surface area contributed by atoms with Gasteiger partial charge in [0, 0.05) is 6.26 Å². The van der Waals surface area contributed by atoms with Gasteiger partial charge in [-0.2, -0.15) is 0 Å². The molecular weight excluding hydrogens is 300 g/mol. The monoisotopic (exact) mass is 324 g/mol. The summed E-state index contributed by atoms with van der Waals surface area (Å²) in [5, 5.41) is 9.70. The van der Waals surface area contributed by atoms with Crippen molar-refractivity contribution >= 4 is 15.8 Å². The third-order valence-electron chi connectivity index (χ3n) is 5.18. The molecule has 0 amide bonds. The van der Waals surface area contributed by atoms with E-state index in [0.29, 0.717) is 18.4 Å². The number of benzene rings is 1. The minimum atomic E-state index is -3.24. The highest BCUT2D eigenvalue weighted by Gasteiger charge is 2.41. The number of sulfone groups is 1. The van der Waals surface area contributed by atoms with Crippen LogP contribution in [0.2, 0.25) is 0 Å². The number of carbonyl (C=O) groups is 1. The van der Waals surface area contributed by atoms with E-state index in [1.54, 1.807) is 38.1 Å². The van der Waals surface area contributed by atoms with Gasteiger partial charge in [-0.25, -0.2) is 8.42 Å². The minimum absolute atomic E-state index is 0.650. The van der Waals surface area contributed by atoms with E-state index in [1.165, 1.54) is 6.26 Å². The molecule has 0 bridgehead atoms. The Bertz CT molecular complexity index is 650. The molecular formula is C17H24O4S. The Kier molecular flexibility index (Phi) is 4.39. The van der Waals surface area contributed by atoms with Crippen LogP contribution in [0.1, 0.15) is 57.1 Å². The Hall–Kier alpha value is -1.36. The first-order valence-electron chi connectivity index (χ1n) is 7.65. The molecule has 2 rings (SSSR count). The van der Waals surface area contributed by atoms with Crippen LogP contribution in [-0.2, 0) is 24.8 Å². The summed E-state index contributed by atoms with van der Waals surface area (Å²) in [4.78, 5) is 11.8. The van der Waals surface area contributed by atoms with Crippen molar-refractivity contribution in [2.75, 3.05) is 6.26 Å². The first kappa shape index (κ1) is 17.0. The van der Waals surface area contributed by atoms with Crippen LogP contribution in [0, 0.1) is 0 Å². The Balaban J connectivity index is 2.42. The molecule has 1 aliphatic carbocycles. The average Bonchev–Trinajstić information content (AvgIpc) is 2.46. The molecule has 0 saturated heterocycles. The van der Waals surface area contributed by atoms with E-state index in [1.807, 2.05) is 0 Å². The molecule has 1 fully saturated rings. The second-order valence-corrected chi connectivity index (χ2v) is 9.37. The van der Waals surface area contributed by atoms with E-state index in [9.17, 15) is 18.3 Å². The third kappa shape index (κ3) is 2.78. The maximum absolute atomic E-state index is 11.9. The highest BCUT2D eigenvalue weighted by atomic mass is 32.2. The molecule has 0 aliphatic heterocycles. The SMILES string of the molecule is CC(C)(c1ccc(C2(C(=O)O)CCCCC2)cc1)S(C)(=O)=O. The summed E-state index contributed by atoms with van der Waals surface area (Å²) >= 11 is 0. The Morgan fingerprint density at radius 3 is 2.00 bits per heavy atom. The van der Waals surface area contributed by atoms with Crippen molar-refractivity contribution in [3.8, 4) is 0 Å². The van der Waals surface area contributed by atoms with E-state index < -0.39 is 26.0 Å². The summed E-state index contributed by atoms with van der Waals surface area (Å²) < 4.78 is 22.9. The third-order valence-corrected chi connectivity index (χ3v) is 7.27. The summed E-state index contributed by atoms with van der Waals surface area (Å²) in [6.07, 6.45) is 5.44. The van der Waals surface area contributed by atoms with Crippen molar-refractivity contribution < 1.29 is 18.3 Å². The lowest BCUT2D eigenvalue weighted by Crippen LogP contribution is -2.38. The molecule has 0 heterocycles. The van der Waals surface area contributed by atoms with E-state index >= 15 is 0 Å². The maximum atomic E-state index is 11.9. The van der Waals surface area contributed by atoms with Crippen molar-refractivity contribution in [2.45, 2.75) is 56.1 Å². The van der Waals surface area contributed by atoms with Crippen molar-refractivity contribution in [1.82, 2.24) is 0 Å². The van der Waals surface area contributed by atoms with Gasteiger partial charge in [-0.15, -0.1) is 0 Å². The molecule has 0 unspecified atom stereocenters. The van der Waals surface area contributed by atoms with Gasteiger partial charge in [0.05, 0.1) is 10.2 Å². The number of carboxylic acid groups (broad SMARTS) is 1. The Labute approximate surface area is 132 Å².